The van der Waals surface area contributed by atoms with Gasteiger partial charge in [-0.15, -0.1) is 0 Å². The van der Waals surface area contributed by atoms with Crippen LogP contribution in [-0.2, 0) is 13.0 Å². The summed E-state index contributed by atoms with van der Waals surface area (Å²) in [5, 5.41) is 7.27. The fraction of sp³-hybridized carbons (Fsp3) is 0.400. The molecule has 16 heavy (non-hydrogen) atoms. The summed E-state index contributed by atoms with van der Waals surface area (Å²) in [6.07, 6.45) is 3.45. The third-order valence-electron chi connectivity index (χ3n) is 2.89. The van der Waals surface area contributed by atoms with E-state index in [1.165, 1.54) is 0 Å². The molecule has 1 aromatic heterocycles. The molecule has 1 amide bonds. The van der Waals surface area contributed by atoms with Gasteiger partial charge in [-0.1, -0.05) is 0 Å². The third-order valence-corrected chi connectivity index (χ3v) is 2.89. The molecule has 4 N–H and O–H groups in total. The number of carbonyl (C=O) groups excluding carboxylic acids is 1. The molecule has 2 heterocycles. The number of nitrogens with two attached hydrogens (primary N) is 1. The van der Waals surface area contributed by atoms with Gasteiger partial charge in [0.1, 0.15) is 5.56 Å². The molecule has 0 radical (unpaired) electrons. The fourth-order valence-corrected chi connectivity index (χ4v) is 2.16. The van der Waals surface area contributed by atoms with Crippen LogP contribution in [0.2, 0.25) is 0 Å². The van der Waals surface area contributed by atoms with Crippen LogP contribution in [0, 0.1) is 11.2 Å². The van der Waals surface area contributed by atoms with Gasteiger partial charge in [-0.05, 0) is 19.3 Å². The highest BCUT2D eigenvalue weighted by molar-refractivity contribution is 6.01. The van der Waals surface area contributed by atoms with Gasteiger partial charge in [-0.2, -0.15) is 0 Å². The van der Waals surface area contributed by atoms with Crippen molar-refractivity contribution in [2.24, 2.45) is 5.84 Å². The Bertz CT molecular complexity index is 452. The normalized spacial score (nSPS) is 14.4. The van der Waals surface area contributed by atoms with E-state index >= 15 is 0 Å². The Hall–Kier alpha value is -1.69. The number of fused-ring (bicyclic) bond motifs is 1. The van der Waals surface area contributed by atoms with E-state index in [1.54, 1.807) is 4.57 Å². The number of hydrogen-bond acceptors (Lipinski definition) is 3. The summed E-state index contributed by atoms with van der Waals surface area (Å²) in [5.41, 5.74) is 2.60. The van der Waals surface area contributed by atoms with Crippen molar-refractivity contribution in [3.63, 3.8) is 0 Å². The predicted molar refractivity (Wildman–Crippen MR) is 56.9 cm³/mol. The Kier molecular flexibility index (Phi) is 2.74. The Morgan fingerprint density at radius 3 is 2.94 bits per heavy atom. The number of aromatic nitrogens is 1. The number of hydrazine groups is 1. The molecule has 0 fully saturated rings. The van der Waals surface area contributed by atoms with Gasteiger partial charge in [-0.3, -0.25) is 10.2 Å². The van der Waals surface area contributed by atoms with E-state index in [0.717, 1.165) is 19.1 Å². The molecule has 0 aromatic carbocycles. The van der Waals surface area contributed by atoms with Crippen molar-refractivity contribution in [1.82, 2.24) is 9.99 Å². The monoisotopic (exact) mass is 224 g/mol. The van der Waals surface area contributed by atoms with E-state index in [0.29, 0.717) is 24.4 Å². The molecule has 1 aliphatic rings. The first-order chi connectivity index (χ1) is 7.70. The standard InChI is InChI=1S/C10H13FN4O/c11-9-6-3-1-2-4-15(6)7(5-12)8(9)10(16)14-13/h5,12H,1-4,13H2,(H,14,16). The van der Waals surface area contributed by atoms with Crippen LogP contribution in [0.4, 0.5) is 4.39 Å². The zero-order valence-electron chi connectivity index (χ0n) is 8.72. The molecule has 0 bridgehead atoms. The lowest BCUT2D eigenvalue weighted by molar-refractivity contribution is 0.0949. The second-order valence-corrected chi connectivity index (χ2v) is 3.75. The van der Waals surface area contributed by atoms with Gasteiger partial charge in [-0.25, -0.2) is 10.2 Å². The minimum atomic E-state index is -0.682. The molecule has 0 spiro atoms. The van der Waals surface area contributed by atoms with E-state index in [-0.39, 0.29) is 5.56 Å². The molecule has 2 rings (SSSR count). The van der Waals surface area contributed by atoms with Crippen LogP contribution in [0.1, 0.15) is 34.6 Å². The summed E-state index contributed by atoms with van der Waals surface area (Å²) in [7, 11) is 0. The van der Waals surface area contributed by atoms with E-state index in [2.05, 4.69) is 0 Å². The lowest BCUT2D eigenvalue weighted by Crippen LogP contribution is -2.31. The molecule has 0 aliphatic carbocycles. The topological polar surface area (TPSA) is 83.9 Å². The molecular formula is C10H13FN4O. The van der Waals surface area contributed by atoms with Crippen molar-refractivity contribution in [3.05, 3.63) is 22.8 Å². The van der Waals surface area contributed by atoms with E-state index < -0.39 is 11.7 Å². The minimum Gasteiger partial charge on any atom is -0.340 e. The van der Waals surface area contributed by atoms with Crippen LogP contribution in [0.25, 0.3) is 0 Å². The van der Waals surface area contributed by atoms with Crippen molar-refractivity contribution in [2.45, 2.75) is 25.8 Å². The summed E-state index contributed by atoms with van der Waals surface area (Å²) in [6.45, 7) is 0.648. The van der Waals surface area contributed by atoms with Crippen molar-refractivity contribution < 1.29 is 9.18 Å². The summed E-state index contributed by atoms with van der Waals surface area (Å²) in [5.74, 6) is 3.78. The smallest absolute Gasteiger partial charge is 0.270 e. The Labute approximate surface area is 91.9 Å². The zero-order valence-corrected chi connectivity index (χ0v) is 8.72. The molecule has 86 valence electrons. The first-order valence-corrected chi connectivity index (χ1v) is 5.13. The van der Waals surface area contributed by atoms with Crippen LogP contribution < -0.4 is 11.3 Å². The van der Waals surface area contributed by atoms with E-state index in [1.807, 2.05) is 5.43 Å². The fourth-order valence-electron chi connectivity index (χ4n) is 2.16. The summed E-state index contributed by atoms with van der Waals surface area (Å²) in [4.78, 5) is 11.4. The molecule has 1 aliphatic heterocycles. The second kappa shape index (κ2) is 4.05. The molecule has 0 saturated carbocycles. The summed E-state index contributed by atoms with van der Waals surface area (Å²) < 4.78 is 15.6. The van der Waals surface area contributed by atoms with Gasteiger partial charge in [0.2, 0.25) is 0 Å². The number of carbonyl (C=O) groups is 1. The molecule has 6 heteroatoms. The van der Waals surface area contributed by atoms with Crippen molar-refractivity contribution in [1.29, 1.82) is 5.41 Å². The average molecular weight is 224 g/mol. The maximum Gasteiger partial charge on any atom is 0.270 e. The Morgan fingerprint density at radius 2 is 2.31 bits per heavy atom. The number of nitrogen functional groups attached to an aromatic ring is 1. The van der Waals surface area contributed by atoms with Crippen molar-refractivity contribution >= 4 is 12.1 Å². The van der Waals surface area contributed by atoms with Gasteiger partial charge in [0.05, 0.1) is 11.4 Å². The maximum atomic E-state index is 14.0. The lowest BCUT2D eigenvalue weighted by atomic mass is 10.1. The highest BCUT2D eigenvalue weighted by atomic mass is 19.1. The SMILES string of the molecule is N=Cc1c(C(=O)NN)c(F)c2n1CCCC2. The van der Waals surface area contributed by atoms with Crippen LogP contribution in [-0.4, -0.2) is 16.7 Å². The molecule has 1 aromatic rings. The largest absolute Gasteiger partial charge is 0.340 e. The highest BCUT2D eigenvalue weighted by Crippen LogP contribution is 2.26. The lowest BCUT2D eigenvalue weighted by Gasteiger charge is -2.16. The highest BCUT2D eigenvalue weighted by Gasteiger charge is 2.27. The van der Waals surface area contributed by atoms with Gasteiger partial charge < -0.3 is 9.98 Å². The summed E-state index contributed by atoms with van der Waals surface area (Å²) in [6, 6.07) is 0. The molecule has 0 saturated heterocycles. The van der Waals surface area contributed by atoms with Gasteiger partial charge in [0.15, 0.2) is 5.82 Å². The quantitative estimate of drug-likeness (QED) is 0.297. The van der Waals surface area contributed by atoms with Crippen LogP contribution in [0.3, 0.4) is 0 Å². The van der Waals surface area contributed by atoms with Gasteiger partial charge in [0, 0.05) is 12.8 Å². The summed E-state index contributed by atoms with van der Waals surface area (Å²) >= 11 is 0. The second-order valence-electron chi connectivity index (χ2n) is 3.75. The van der Waals surface area contributed by atoms with Gasteiger partial charge >= 0.3 is 0 Å². The minimum absolute atomic E-state index is 0.116. The number of amides is 1. The van der Waals surface area contributed by atoms with E-state index in [4.69, 9.17) is 11.3 Å². The molecule has 0 atom stereocenters. The molecule has 5 nitrogen and oxygen atoms in total. The molecular weight excluding hydrogens is 211 g/mol. The molecule has 0 unspecified atom stereocenters. The van der Waals surface area contributed by atoms with Crippen LogP contribution in [0.5, 0.6) is 0 Å². The number of hydrogen-bond donors (Lipinski definition) is 3. The predicted octanol–water partition coefficient (Wildman–Crippen LogP) is 0.565. The zero-order chi connectivity index (χ0) is 11.7. The van der Waals surface area contributed by atoms with Crippen LogP contribution >= 0.6 is 0 Å². The number of halogens is 1. The first-order valence-electron chi connectivity index (χ1n) is 5.13. The average Bonchev–Trinajstić information content (AvgIpc) is 2.62. The third kappa shape index (κ3) is 1.42. The van der Waals surface area contributed by atoms with Gasteiger partial charge in [0.25, 0.3) is 5.91 Å². The number of rotatable bonds is 2. The van der Waals surface area contributed by atoms with Crippen LogP contribution in [0.15, 0.2) is 0 Å². The number of nitrogens with zero attached hydrogens (tertiary/aromatic N) is 1. The van der Waals surface area contributed by atoms with Crippen molar-refractivity contribution in [3.8, 4) is 0 Å². The Morgan fingerprint density at radius 1 is 1.56 bits per heavy atom. The van der Waals surface area contributed by atoms with Crippen molar-refractivity contribution in [2.75, 3.05) is 0 Å². The first kappa shape index (κ1) is 10.8. The number of nitrogens with one attached hydrogen (secondary N) is 2. The maximum absolute atomic E-state index is 14.0. The van der Waals surface area contributed by atoms with E-state index in [9.17, 15) is 9.18 Å². The Balaban J connectivity index is 2.63.